The summed E-state index contributed by atoms with van der Waals surface area (Å²) in [6.07, 6.45) is 3.34. The number of carbonyl (C=O) groups is 1. The molecule has 1 aliphatic rings. The molecule has 0 fully saturated rings. The van der Waals surface area contributed by atoms with Crippen LogP contribution in [-0.2, 0) is 17.4 Å². The molecular formula is C29H33N3O3. The lowest BCUT2D eigenvalue weighted by Gasteiger charge is -2.28. The Balaban J connectivity index is 1.57. The molecule has 0 unspecified atom stereocenters. The van der Waals surface area contributed by atoms with Crippen molar-refractivity contribution in [2.75, 3.05) is 6.54 Å². The Hall–Kier alpha value is -3.67. The van der Waals surface area contributed by atoms with Gasteiger partial charge in [-0.15, -0.1) is 0 Å². The highest BCUT2D eigenvalue weighted by molar-refractivity contribution is 6.05. The Morgan fingerprint density at radius 2 is 1.69 bits per heavy atom. The number of benzene rings is 2. The van der Waals surface area contributed by atoms with E-state index in [4.69, 9.17) is 10.1 Å². The minimum absolute atomic E-state index is 0.0783. The Morgan fingerprint density at radius 3 is 2.26 bits per heavy atom. The maximum atomic E-state index is 13.4. The van der Waals surface area contributed by atoms with Crippen molar-refractivity contribution in [1.82, 2.24) is 9.88 Å². The Bertz CT molecular complexity index is 1250. The zero-order valence-electron chi connectivity index (χ0n) is 21.3. The van der Waals surface area contributed by atoms with Gasteiger partial charge in [-0.3, -0.25) is 15.2 Å². The molecule has 0 aliphatic carbocycles. The first-order chi connectivity index (χ1) is 16.3. The number of nitrogens with zero attached hydrogens (tertiary/aromatic N) is 2. The van der Waals surface area contributed by atoms with Gasteiger partial charge in [0, 0.05) is 35.0 Å². The van der Waals surface area contributed by atoms with Crippen LogP contribution in [0.1, 0.15) is 74.2 Å². The van der Waals surface area contributed by atoms with Crippen LogP contribution in [-0.4, -0.2) is 33.2 Å². The molecule has 2 N–H and O–H groups in total. The van der Waals surface area contributed by atoms with Crippen LogP contribution < -0.4 is 4.74 Å². The maximum absolute atomic E-state index is 13.4. The standard InChI is InChI=1S/C29H33N3O3/c1-28(2,3)23-13-18(14-24(26(23)34)29(4,5)6)25(33)17-32-16-19-12-20(9-10-22(19)27(32)30)35-21-8-7-11-31-15-21/h7-15,30,34H,16-17H2,1-6H3. The van der Waals surface area contributed by atoms with Gasteiger partial charge in [-0.05, 0) is 58.9 Å². The summed E-state index contributed by atoms with van der Waals surface area (Å²) in [5.41, 5.74) is 3.18. The average Bonchev–Trinajstić information content (AvgIpc) is 3.07. The molecule has 4 rings (SSSR count). The number of carbonyl (C=O) groups excluding carboxylic acids is 1. The van der Waals surface area contributed by atoms with Gasteiger partial charge in [0.25, 0.3) is 0 Å². The highest BCUT2D eigenvalue weighted by atomic mass is 16.5. The van der Waals surface area contributed by atoms with Crippen molar-refractivity contribution in [3.63, 3.8) is 0 Å². The summed E-state index contributed by atoms with van der Waals surface area (Å²) in [6, 6.07) is 12.9. The molecule has 1 aromatic heterocycles. The van der Waals surface area contributed by atoms with E-state index in [1.54, 1.807) is 29.4 Å². The van der Waals surface area contributed by atoms with E-state index in [9.17, 15) is 9.90 Å². The third kappa shape index (κ3) is 5.06. The van der Waals surface area contributed by atoms with Gasteiger partial charge in [0.1, 0.15) is 23.1 Å². The van der Waals surface area contributed by atoms with E-state index in [0.717, 1.165) is 22.3 Å². The largest absolute Gasteiger partial charge is 0.507 e. The van der Waals surface area contributed by atoms with E-state index in [0.29, 0.717) is 29.4 Å². The van der Waals surface area contributed by atoms with E-state index in [1.807, 2.05) is 71.9 Å². The van der Waals surface area contributed by atoms with Crippen LogP contribution in [0.5, 0.6) is 17.2 Å². The van der Waals surface area contributed by atoms with Crippen molar-refractivity contribution in [3.8, 4) is 17.2 Å². The van der Waals surface area contributed by atoms with Crippen molar-refractivity contribution in [3.05, 3.63) is 82.7 Å². The fourth-order valence-corrected chi connectivity index (χ4v) is 4.33. The van der Waals surface area contributed by atoms with Crippen molar-refractivity contribution in [2.24, 2.45) is 0 Å². The first kappa shape index (κ1) is 24.5. The van der Waals surface area contributed by atoms with Crippen molar-refractivity contribution >= 4 is 11.6 Å². The van der Waals surface area contributed by atoms with Gasteiger partial charge in [0.15, 0.2) is 5.78 Å². The molecule has 1 aliphatic heterocycles. The number of phenols is 1. The van der Waals surface area contributed by atoms with E-state index in [2.05, 4.69) is 4.98 Å². The lowest BCUT2D eigenvalue weighted by Crippen LogP contribution is -2.30. The molecule has 2 heterocycles. The summed E-state index contributed by atoms with van der Waals surface area (Å²) in [5.74, 6) is 1.81. The third-order valence-corrected chi connectivity index (χ3v) is 6.26. The van der Waals surface area contributed by atoms with Crippen LogP contribution in [0.2, 0.25) is 0 Å². The Morgan fingerprint density at radius 1 is 1.03 bits per heavy atom. The number of phenolic OH excluding ortho intramolecular Hbond substituents is 1. The molecule has 35 heavy (non-hydrogen) atoms. The molecule has 0 radical (unpaired) electrons. The van der Waals surface area contributed by atoms with Crippen molar-refractivity contribution in [2.45, 2.75) is 58.9 Å². The quantitative estimate of drug-likeness (QED) is 0.433. The number of ketones is 1. The molecule has 0 atom stereocenters. The molecule has 0 saturated carbocycles. The predicted octanol–water partition coefficient (Wildman–Crippen LogP) is 6.20. The number of aromatic hydroxyl groups is 1. The SMILES string of the molecule is CC(C)(C)c1cc(C(=O)CN2Cc3cc(Oc4cccnc4)ccc3C2=N)cc(C(C)(C)C)c1O. The number of aromatic nitrogens is 1. The summed E-state index contributed by atoms with van der Waals surface area (Å²) in [7, 11) is 0. The van der Waals surface area contributed by atoms with E-state index in [1.165, 1.54) is 0 Å². The molecule has 6 heteroatoms. The number of amidine groups is 1. The molecular weight excluding hydrogens is 438 g/mol. The molecule has 2 aromatic carbocycles. The Labute approximate surface area is 207 Å². The van der Waals surface area contributed by atoms with Gasteiger partial charge in [-0.1, -0.05) is 41.5 Å². The zero-order chi connectivity index (χ0) is 25.5. The van der Waals surface area contributed by atoms with Crippen LogP contribution >= 0.6 is 0 Å². The fourth-order valence-electron chi connectivity index (χ4n) is 4.33. The lowest BCUT2D eigenvalue weighted by atomic mass is 9.78. The van der Waals surface area contributed by atoms with E-state index < -0.39 is 0 Å². The highest BCUT2D eigenvalue weighted by Crippen LogP contribution is 2.40. The summed E-state index contributed by atoms with van der Waals surface area (Å²) in [5, 5.41) is 19.6. The number of nitrogens with one attached hydrogen (secondary N) is 1. The second-order valence-electron chi connectivity index (χ2n) is 11.2. The first-order valence-corrected chi connectivity index (χ1v) is 11.8. The van der Waals surface area contributed by atoms with Crippen LogP contribution in [0.3, 0.4) is 0 Å². The smallest absolute Gasteiger partial charge is 0.182 e. The van der Waals surface area contributed by atoms with Gasteiger partial charge in [-0.2, -0.15) is 0 Å². The van der Waals surface area contributed by atoms with Crippen molar-refractivity contribution < 1.29 is 14.6 Å². The van der Waals surface area contributed by atoms with Gasteiger partial charge in [0.05, 0.1) is 12.7 Å². The molecule has 182 valence electrons. The summed E-state index contributed by atoms with van der Waals surface area (Å²) in [4.78, 5) is 19.3. The lowest BCUT2D eigenvalue weighted by molar-refractivity contribution is 0.0962. The van der Waals surface area contributed by atoms with E-state index in [-0.39, 0.29) is 28.9 Å². The van der Waals surface area contributed by atoms with Crippen LogP contribution in [0.15, 0.2) is 54.9 Å². The molecule has 0 spiro atoms. The fraction of sp³-hybridized carbons (Fsp3) is 0.345. The minimum atomic E-state index is -0.318. The molecule has 0 saturated heterocycles. The van der Waals surface area contributed by atoms with Gasteiger partial charge < -0.3 is 14.7 Å². The number of hydrogen-bond donors (Lipinski definition) is 2. The van der Waals surface area contributed by atoms with Gasteiger partial charge in [-0.25, -0.2) is 0 Å². The number of pyridine rings is 1. The third-order valence-electron chi connectivity index (χ3n) is 6.26. The second-order valence-corrected chi connectivity index (χ2v) is 11.2. The normalized spacial score (nSPS) is 13.7. The number of fused-ring (bicyclic) bond motifs is 1. The van der Waals surface area contributed by atoms with Crippen LogP contribution in [0.4, 0.5) is 0 Å². The average molecular weight is 472 g/mol. The van der Waals surface area contributed by atoms with Crippen LogP contribution in [0, 0.1) is 5.41 Å². The number of rotatable bonds is 5. The number of ether oxygens (including phenoxy) is 1. The summed E-state index contributed by atoms with van der Waals surface area (Å²) >= 11 is 0. The van der Waals surface area contributed by atoms with Gasteiger partial charge >= 0.3 is 0 Å². The maximum Gasteiger partial charge on any atom is 0.182 e. The van der Waals surface area contributed by atoms with Gasteiger partial charge in [0.2, 0.25) is 0 Å². The second kappa shape index (κ2) is 8.84. The molecule has 6 nitrogen and oxygen atoms in total. The topological polar surface area (TPSA) is 86.5 Å². The predicted molar refractivity (Wildman–Crippen MR) is 138 cm³/mol. The summed E-state index contributed by atoms with van der Waals surface area (Å²) in [6.45, 7) is 12.7. The molecule has 0 amide bonds. The number of Topliss-reactive ketones (excluding diaryl/α,β-unsaturated/α-hetero) is 1. The Kier molecular flexibility index (Phi) is 6.18. The van der Waals surface area contributed by atoms with E-state index >= 15 is 0 Å². The van der Waals surface area contributed by atoms with Crippen LogP contribution in [0.25, 0.3) is 0 Å². The first-order valence-electron chi connectivity index (χ1n) is 11.8. The minimum Gasteiger partial charge on any atom is -0.507 e. The van der Waals surface area contributed by atoms with Crippen molar-refractivity contribution in [1.29, 1.82) is 5.41 Å². The highest BCUT2D eigenvalue weighted by Gasteiger charge is 2.30. The number of hydrogen-bond acceptors (Lipinski definition) is 5. The molecule has 0 bridgehead atoms. The zero-order valence-corrected chi connectivity index (χ0v) is 21.3. The molecule has 3 aromatic rings. The summed E-state index contributed by atoms with van der Waals surface area (Å²) < 4.78 is 5.88. The monoisotopic (exact) mass is 471 g/mol.